The zero-order valence-electron chi connectivity index (χ0n) is 12.0. The van der Waals surface area contributed by atoms with Gasteiger partial charge in [0.25, 0.3) is 0 Å². The van der Waals surface area contributed by atoms with Crippen LogP contribution in [0, 0.1) is 11.3 Å². The molecule has 0 aromatic heterocycles. The van der Waals surface area contributed by atoms with Crippen LogP contribution in [0.25, 0.3) is 0 Å². The molecule has 1 aliphatic heterocycles. The highest BCUT2D eigenvalue weighted by atomic mass is 16.5. The topological polar surface area (TPSA) is 66.3 Å². The number of nitrogens with zero attached hydrogens (tertiary/aromatic N) is 1. The fraction of sp³-hybridized carbons (Fsp3) is 0.533. The van der Waals surface area contributed by atoms with E-state index in [2.05, 4.69) is 23.6 Å². The fourth-order valence-electron chi connectivity index (χ4n) is 2.45. The molecular weight excluding hydrogens is 254 g/mol. The molecule has 2 unspecified atom stereocenters. The van der Waals surface area contributed by atoms with Crippen molar-refractivity contribution in [1.29, 1.82) is 5.26 Å². The monoisotopic (exact) mass is 275 g/mol. The third-order valence-electron chi connectivity index (χ3n) is 3.39. The molecule has 2 N–H and O–H groups in total. The van der Waals surface area contributed by atoms with Gasteiger partial charge in [-0.15, -0.1) is 0 Å². The molecule has 5 nitrogen and oxygen atoms in total. The van der Waals surface area contributed by atoms with E-state index in [4.69, 9.17) is 9.47 Å². The van der Waals surface area contributed by atoms with Crippen molar-refractivity contribution >= 4 is 5.69 Å². The highest BCUT2D eigenvalue weighted by molar-refractivity contribution is 5.66. The molecule has 0 saturated carbocycles. The minimum atomic E-state index is 0.220. The Hall–Kier alpha value is -1.77. The van der Waals surface area contributed by atoms with Gasteiger partial charge in [-0.1, -0.05) is 6.07 Å². The van der Waals surface area contributed by atoms with E-state index in [9.17, 15) is 5.26 Å². The van der Waals surface area contributed by atoms with E-state index in [0.717, 1.165) is 31.9 Å². The van der Waals surface area contributed by atoms with Crippen molar-refractivity contribution in [3.05, 3.63) is 23.8 Å². The Morgan fingerprint density at radius 1 is 1.60 bits per heavy atom. The summed E-state index contributed by atoms with van der Waals surface area (Å²) in [6.07, 6.45) is 0.933. The molecule has 108 valence electrons. The average molecular weight is 275 g/mol. The van der Waals surface area contributed by atoms with Crippen molar-refractivity contribution in [1.82, 2.24) is 5.32 Å². The zero-order chi connectivity index (χ0) is 14.4. The van der Waals surface area contributed by atoms with Crippen LogP contribution in [0.15, 0.2) is 18.2 Å². The van der Waals surface area contributed by atoms with Gasteiger partial charge >= 0.3 is 0 Å². The molecule has 1 aromatic rings. The third kappa shape index (κ3) is 3.62. The summed E-state index contributed by atoms with van der Waals surface area (Å²) < 4.78 is 10.8. The van der Waals surface area contributed by atoms with Crippen molar-refractivity contribution < 1.29 is 9.47 Å². The van der Waals surface area contributed by atoms with E-state index in [1.165, 1.54) is 0 Å². The zero-order valence-corrected chi connectivity index (χ0v) is 12.0. The van der Waals surface area contributed by atoms with Gasteiger partial charge in [0.2, 0.25) is 0 Å². The van der Waals surface area contributed by atoms with Gasteiger partial charge in [-0.2, -0.15) is 5.26 Å². The Kier molecular flexibility index (Phi) is 5.22. The molecule has 1 aliphatic rings. The maximum absolute atomic E-state index is 9.19. The SMILES string of the molecule is COc1cccc(C#N)c1NC(C)CC1COCCN1. The van der Waals surface area contributed by atoms with Gasteiger partial charge < -0.3 is 20.1 Å². The number of ether oxygens (including phenoxy) is 2. The van der Waals surface area contributed by atoms with E-state index in [0.29, 0.717) is 17.4 Å². The van der Waals surface area contributed by atoms with Crippen LogP contribution in [0.4, 0.5) is 5.69 Å². The normalized spacial score (nSPS) is 19.9. The number of morpholine rings is 1. The third-order valence-corrected chi connectivity index (χ3v) is 3.39. The molecular formula is C15H21N3O2. The molecule has 0 radical (unpaired) electrons. The Labute approximate surface area is 119 Å². The standard InChI is InChI=1S/C15H21N3O2/c1-11(8-13-10-20-7-6-17-13)18-15-12(9-16)4-3-5-14(15)19-2/h3-5,11,13,17-18H,6-8,10H2,1-2H3. The van der Waals surface area contributed by atoms with E-state index in [1.807, 2.05) is 12.1 Å². The lowest BCUT2D eigenvalue weighted by molar-refractivity contribution is 0.0731. The minimum Gasteiger partial charge on any atom is -0.495 e. The second-order valence-corrected chi connectivity index (χ2v) is 5.00. The number of rotatable bonds is 5. The lowest BCUT2D eigenvalue weighted by Crippen LogP contribution is -2.43. The smallest absolute Gasteiger partial charge is 0.143 e. The maximum atomic E-state index is 9.19. The Morgan fingerprint density at radius 3 is 3.10 bits per heavy atom. The molecule has 2 rings (SSSR count). The van der Waals surface area contributed by atoms with Crippen LogP contribution >= 0.6 is 0 Å². The van der Waals surface area contributed by atoms with Crippen molar-refractivity contribution in [3.8, 4) is 11.8 Å². The van der Waals surface area contributed by atoms with Gasteiger partial charge in [-0.3, -0.25) is 0 Å². The van der Waals surface area contributed by atoms with Crippen LogP contribution in [0.3, 0.4) is 0 Å². The number of para-hydroxylation sites is 1. The first kappa shape index (κ1) is 14.6. The molecule has 5 heteroatoms. The molecule has 20 heavy (non-hydrogen) atoms. The fourth-order valence-corrected chi connectivity index (χ4v) is 2.45. The highest BCUT2D eigenvalue weighted by Crippen LogP contribution is 2.29. The first-order chi connectivity index (χ1) is 9.74. The molecule has 0 bridgehead atoms. The van der Waals surface area contributed by atoms with E-state index >= 15 is 0 Å². The Balaban J connectivity index is 2.03. The summed E-state index contributed by atoms with van der Waals surface area (Å²) in [5.74, 6) is 0.698. The number of hydrogen-bond donors (Lipinski definition) is 2. The molecule has 1 fully saturated rings. The molecule has 1 aromatic carbocycles. The van der Waals surface area contributed by atoms with Crippen LogP contribution < -0.4 is 15.4 Å². The predicted octanol–water partition coefficient (Wildman–Crippen LogP) is 1.75. The van der Waals surface area contributed by atoms with Gasteiger partial charge in [-0.25, -0.2) is 0 Å². The number of methoxy groups -OCH3 is 1. The summed E-state index contributed by atoms with van der Waals surface area (Å²) >= 11 is 0. The second-order valence-electron chi connectivity index (χ2n) is 5.00. The summed E-state index contributed by atoms with van der Waals surface area (Å²) in [7, 11) is 1.61. The highest BCUT2D eigenvalue weighted by Gasteiger charge is 2.18. The summed E-state index contributed by atoms with van der Waals surface area (Å²) in [5, 5.41) is 16.0. The van der Waals surface area contributed by atoms with E-state index in [-0.39, 0.29) is 6.04 Å². The molecule has 0 spiro atoms. The van der Waals surface area contributed by atoms with Crippen molar-refractivity contribution in [2.24, 2.45) is 0 Å². The predicted molar refractivity (Wildman–Crippen MR) is 78.0 cm³/mol. The van der Waals surface area contributed by atoms with Crippen LogP contribution in [-0.4, -0.2) is 39.0 Å². The summed E-state index contributed by atoms with van der Waals surface area (Å²) in [6.45, 7) is 4.52. The molecule has 1 saturated heterocycles. The molecule has 1 heterocycles. The lowest BCUT2D eigenvalue weighted by atomic mass is 10.1. The van der Waals surface area contributed by atoms with Gasteiger partial charge in [0.15, 0.2) is 0 Å². The number of nitriles is 1. The first-order valence-corrected chi connectivity index (χ1v) is 6.89. The van der Waals surface area contributed by atoms with Crippen molar-refractivity contribution in [2.75, 3.05) is 32.2 Å². The maximum Gasteiger partial charge on any atom is 0.143 e. The van der Waals surface area contributed by atoms with E-state index in [1.54, 1.807) is 13.2 Å². The van der Waals surface area contributed by atoms with Crippen molar-refractivity contribution in [3.63, 3.8) is 0 Å². The van der Waals surface area contributed by atoms with Crippen molar-refractivity contribution in [2.45, 2.75) is 25.4 Å². The Morgan fingerprint density at radius 2 is 2.45 bits per heavy atom. The number of benzene rings is 1. The first-order valence-electron chi connectivity index (χ1n) is 6.89. The average Bonchev–Trinajstić information content (AvgIpc) is 2.48. The second kappa shape index (κ2) is 7.13. The van der Waals surface area contributed by atoms with Gasteiger partial charge in [0.1, 0.15) is 11.8 Å². The summed E-state index contributed by atoms with van der Waals surface area (Å²) in [6, 6.07) is 8.24. The quantitative estimate of drug-likeness (QED) is 0.857. The molecule has 0 amide bonds. The minimum absolute atomic E-state index is 0.220. The van der Waals surface area contributed by atoms with Gasteiger partial charge in [-0.05, 0) is 25.5 Å². The van der Waals surface area contributed by atoms with Gasteiger partial charge in [0.05, 0.1) is 31.6 Å². The van der Waals surface area contributed by atoms with Gasteiger partial charge in [0, 0.05) is 18.6 Å². The largest absolute Gasteiger partial charge is 0.495 e. The van der Waals surface area contributed by atoms with Crippen LogP contribution in [0.2, 0.25) is 0 Å². The molecule has 0 aliphatic carbocycles. The van der Waals surface area contributed by atoms with Crippen LogP contribution in [-0.2, 0) is 4.74 Å². The Bertz CT molecular complexity index is 478. The summed E-state index contributed by atoms with van der Waals surface area (Å²) in [5.41, 5.74) is 1.37. The number of anilines is 1. The number of hydrogen-bond acceptors (Lipinski definition) is 5. The summed E-state index contributed by atoms with van der Waals surface area (Å²) in [4.78, 5) is 0. The van der Waals surface area contributed by atoms with Crippen LogP contribution in [0.1, 0.15) is 18.9 Å². The molecule has 2 atom stereocenters. The lowest BCUT2D eigenvalue weighted by Gasteiger charge is -2.27. The van der Waals surface area contributed by atoms with Crippen LogP contribution in [0.5, 0.6) is 5.75 Å². The van der Waals surface area contributed by atoms with E-state index < -0.39 is 0 Å². The number of nitrogens with one attached hydrogen (secondary N) is 2.